The first kappa shape index (κ1) is 27.1. The van der Waals surface area contributed by atoms with Gasteiger partial charge in [-0.25, -0.2) is 0 Å². The summed E-state index contributed by atoms with van der Waals surface area (Å²) >= 11 is 1.55. The fraction of sp³-hybridized carbons (Fsp3) is 0.280. The van der Waals surface area contributed by atoms with Gasteiger partial charge in [0.05, 0.1) is 0 Å². The molecule has 3 aromatic rings. The van der Waals surface area contributed by atoms with E-state index in [1.807, 2.05) is 0 Å². The second-order valence-electron chi connectivity index (χ2n) is 7.26. The van der Waals surface area contributed by atoms with Gasteiger partial charge in [-0.1, -0.05) is 50.1 Å². The molecule has 0 N–H and O–H groups in total. The molecule has 0 unspecified atom stereocenters. The average Bonchev–Trinajstić information content (AvgIpc) is 3.09. The van der Waals surface area contributed by atoms with E-state index in [-0.39, 0.29) is 24.8 Å². The van der Waals surface area contributed by atoms with Crippen molar-refractivity contribution in [1.82, 2.24) is 0 Å². The van der Waals surface area contributed by atoms with Crippen LogP contribution in [0, 0.1) is 33.8 Å². The Labute approximate surface area is 198 Å². The summed E-state index contributed by atoms with van der Waals surface area (Å²) in [5, 5.41) is 0. The standard InChI is InChI=1S/C15H13.C7H9.C3H6.2ClH.Zr/c1-10-3-5-14-12(7-10)9-13-8-11(2)4-6-15(13)14;1-6-4-3-5-7(6)2;1-3-2;;;/h3-7H,9H2,1-2H3;3-5H,1-2H3;1-2H3;2*1H;/q2*-1;;;;+2/p-2. The molecule has 28 heavy (non-hydrogen) atoms. The van der Waals surface area contributed by atoms with E-state index in [1.54, 1.807) is 24.2 Å². The number of halogens is 2. The summed E-state index contributed by atoms with van der Waals surface area (Å²) in [5.74, 6) is 0. The Hall–Kier alpha value is -0.877. The molecule has 0 aromatic heterocycles. The van der Waals surface area contributed by atoms with Crippen LogP contribution in [0.15, 0.2) is 48.5 Å². The molecule has 4 rings (SSSR count). The fourth-order valence-corrected chi connectivity index (χ4v) is 2.97. The van der Waals surface area contributed by atoms with E-state index in [4.69, 9.17) is 0 Å². The molecule has 1 aliphatic carbocycles. The van der Waals surface area contributed by atoms with Gasteiger partial charge in [0.15, 0.2) is 0 Å². The maximum atomic E-state index is 3.45. The molecule has 0 fully saturated rings. The molecule has 0 spiro atoms. The zero-order valence-electron chi connectivity index (χ0n) is 17.6. The van der Waals surface area contributed by atoms with Crippen molar-refractivity contribution in [3.63, 3.8) is 0 Å². The number of fused-ring (bicyclic) bond motifs is 3. The number of rotatable bonds is 0. The average molecular weight is 491 g/mol. The van der Waals surface area contributed by atoms with E-state index >= 15 is 0 Å². The van der Waals surface area contributed by atoms with E-state index in [0.717, 1.165) is 6.42 Å². The molecule has 0 bridgehead atoms. The van der Waals surface area contributed by atoms with Gasteiger partial charge < -0.3 is 24.8 Å². The molecule has 3 heteroatoms. The van der Waals surface area contributed by atoms with Gasteiger partial charge in [-0.15, -0.1) is 11.1 Å². The van der Waals surface area contributed by atoms with Crippen LogP contribution >= 0.6 is 0 Å². The monoisotopic (exact) mass is 488 g/mol. The van der Waals surface area contributed by atoms with Gasteiger partial charge in [0, 0.05) is 0 Å². The minimum Gasteiger partial charge on any atom is -1.00 e. The third-order valence-corrected chi connectivity index (χ3v) is 4.41. The molecule has 0 saturated carbocycles. The third-order valence-electron chi connectivity index (χ3n) is 4.41. The normalized spacial score (nSPS) is 10.0. The first-order chi connectivity index (χ1) is 12.3. The number of benzene rings is 2. The SMILES string of the molecule is C[C](C)=[Zr+2].Cc1[c-]c2c(cc1)-c1ccc(C)cc1C2.Cc1c[cH-]cc1C.[Cl-].[Cl-]. The van der Waals surface area contributed by atoms with Crippen molar-refractivity contribution in [2.75, 3.05) is 0 Å². The molecule has 0 aliphatic heterocycles. The molecule has 0 amide bonds. The van der Waals surface area contributed by atoms with Crippen LogP contribution in [-0.2, 0) is 30.7 Å². The van der Waals surface area contributed by atoms with E-state index in [0.29, 0.717) is 0 Å². The van der Waals surface area contributed by atoms with Crippen LogP contribution in [-0.4, -0.2) is 3.21 Å². The third kappa shape index (κ3) is 7.86. The van der Waals surface area contributed by atoms with Crippen LogP contribution in [0.4, 0.5) is 0 Å². The predicted molar refractivity (Wildman–Crippen MR) is 111 cm³/mol. The Morgan fingerprint density at radius 1 is 0.893 bits per heavy atom. The molecule has 0 heterocycles. The molecule has 0 saturated heterocycles. The number of aryl methyl sites for hydroxylation is 4. The zero-order chi connectivity index (χ0) is 19.3. The van der Waals surface area contributed by atoms with Gasteiger partial charge in [0.25, 0.3) is 0 Å². The molecule has 148 valence electrons. The smallest absolute Gasteiger partial charge is 0.0253 e. The maximum absolute atomic E-state index is 3.45. The number of hydrogen-bond acceptors (Lipinski definition) is 0. The Morgan fingerprint density at radius 3 is 1.93 bits per heavy atom. The maximum Gasteiger partial charge on any atom is -0.0253 e. The van der Waals surface area contributed by atoms with Crippen LogP contribution in [0.1, 0.15) is 47.2 Å². The van der Waals surface area contributed by atoms with Crippen LogP contribution in [0.3, 0.4) is 0 Å². The van der Waals surface area contributed by atoms with E-state index in [2.05, 4.69) is 96.1 Å². The molecule has 3 aromatic carbocycles. The second-order valence-corrected chi connectivity index (χ2v) is 9.72. The van der Waals surface area contributed by atoms with Crippen molar-refractivity contribution in [2.24, 2.45) is 0 Å². The minimum atomic E-state index is 0. The van der Waals surface area contributed by atoms with Crippen molar-refractivity contribution in [3.05, 3.63) is 88.0 Å². The summed E-state index contributed by atoms with van der Waals surface area (Å²) in [7, 11) is 0. The number of hydrogen-bond donors (Lipinski definition) is 0. The first-order valence-corrected chi connectivity index (χ1v) is 10.3. The predicted octanol–water partition coefficient (Wildman–Crippen LogP) is 0.451. The Balaban J connectivity index is 0.000000477. The van der Waals surface area contributed by atoms with Gasteiger partial charge >= 0.3 is 41.3 Å². The van der Waals surface area contributed by atoms with Crippen molar-refractivity contribution in [3.8, 4) is 11.1 Å². The largest absolute Gasteiger partial charge is 1.00 e. The summed E-state index contributed by atoms with van der Waals surface area (Å²) in [5.41, 5.74) is 10.9. The Kier molecular flexibility index (Phi) is 12.2. The Bertz CT molecular complexity index is 837. The zero-order valence-corrected chi connectivity index (χ0v) is 21.6. The fourth-order valence-electron chi connectivity index (χ4n) is 2.97. The first-order valence-electron chi connectivity index (χ1n) is 9.10. The van der Waals surface area contributed by atoms with Crippen molar-refractivity contribution in [1.29, 1.82) is 0 Å². The summed E-state index contributed by atoms with van der Waals surface area (Å²) in [6.07, 6.45) is 1.05. The molecular formula is C25H28Cl2Zr-2. The van der Waals surface area contributed by atoms with Crippen molar-refractivity contribution >= 4 is 3.21 Å². The van der Waals surface area contributed by atoms with Crippen molar-refractivity contribution in [2.45, 2.75) is 48.0 Å². The van der Waals surface area contributed by atoms with Gasteiger partial charge in [-0.05, 0) is 18.9 Å². The topological polar surface area (TPSA) is 0 Å². The van der Waals surface area contributed by atoms with Crippen molar-refractivity contribution < 1.29 is 49.0 Å². The molecule has 0 nitrogen and oxygen atoms in total. The van der Waals surface area contributed by atoms with E-state index in [1.165, 1.54) is 47.7 Å². The van der Waals surface area contributed by atoms with Crippen LogP contribution in [0.5, 0.6) is 0 Å². The van der Waals surface area contributed by atoms with E-state index in [9.17, 15) is 0 Å². The second kappa shape index (κ2) is 12.6. The summed E-state index contributed by atoms with van der Waals surface area (Å²) in [6.45, 7) is 12.7. The molecule has 0 atom stereocenters. The van der Waals surface area contributed by atoms with E-state index < -0.39 is 0 Å². The van der Waals surface area contributed by atoms with Gasteiger partial charge in [0.2, 0.25) is 0 Å². The van der Waals surface area contributed by atoms with Crippen LogP contribution in [0.2, 0.25) is 0 Å². The summed E-state index contributed by atoms with van der Waals surface area (Å²) in [6, 6.07) is 20.9. The van der Waals surface area contributed by atoms with Gasteiger partial charge in [-0.2, -0.15) is 53.1 Å². The molecular weight excluding hydrogens is 462 g/mol. The summed E-state index contributed by atoms with van der Waals surface area (Å²) in [4.78, 5) is 0. The Morgan fingerprint density at radius 2 is 1.43 bits per heavy atom. The van der Waals surface area contributed by atoms with Crippen LogP contribution in [0.25, 0.3) is 11.1 Å². The molecule has 1 aliphatic rings. The van der Waals surface area contributed by atoms with Gasteiger partial charge in [-0.3, -0.25) is 0 Å². The summed E-state index contributed by atoms with van der Waals surface area (Å²) < 4.78 is 1.51. The minimum absolute atomic E-state index is 0. The van der Waals surface area contributed by atoms with Gasteiger partial charge in [0.1, 0.15) is 0 Å². The molecule has 0 radical (unpaired) electrons. The van der Waals surface area contributed by atoms with Crippen LogP contribution < -0.4 is 24.8 Å². The quantitative estimate of drug-likeness (QED) is 0.314.